The Morgan fingerprint density at radius 3 is 2.84 bits per heavy atom. The van der Waals surface area contributed by atoms with Crippen molar-refractivity contribution in [3.8, 4) is 6.07 Å². The molecule has 2 aliphatic rings. The van der Waals surface area contributed by atoms with E-state index in [1.165, 1.54) is 0 Å². The molecule has 3 unspecified atom stereocenters. The van der Waals surface area contributed by atoms with E-state index in [9.17, 15) is 15.2 Å². The number of para-hydroxylation sites is 1. The van der Waals surface area contributed by atoms with Crippen LogP contribution in [0.15, 0.2) is 24.3 Å². The third-order valence-electron chi connectivity index (χ3n) is 5.31. The standard InChI is InChI=1S/C19H26N4O2/c1-14(24)16-8-10-23(12-16)19(25)21-17-6-4-9-22(13-17)18-7-3-2-5-15(18)11-20/h2-3,5,7,14,16-17,24H,4,6,8-10,12-13H2,1H3,(H,21,25). The molecule has 25 heavy (non-hydrogen) atoms. The minimum absolute atomic E-state index is 0.0384. The third-order valence-corrected chi connectivity index (χ3v) is 5.31. The van der Waals surface area contributed by atoms with E-state index in [1.54, 1.807) is 11.8 Å². The zero-order valence-electron chi connectivity index (χ0n) is 14.7. The molecule has 2 N–H and O–H groups in total. The second-order valence-electron chi connectivity index (χ2n) is 7.10. The van der Waals surface area contributed by atoms with E-state index in [0.29, 0.717) is 18.7 Å². The maximum Gasteiger partial charge on any atom is 0.317 e. The number of amides is 2. The average Bonchev–Trinajstić information content (AvgIpc) is 3.12. The first-order valence-corrected chi connectivity index (χ1v) is 9.06. The molecule has 3 atom stereocenters. The highest BCUT2D eigenvalue weighted by Gasteiger charge is 2.31. The summed E-state index contributed by atoms with van der Waals surface area (Å²) in [6.45, 7) is 4.74. The second kappa shape index (κ2) is 7.75. The molecule has 6 heteroatoms. The molecule has 2 fully saturated rings. The zero-order chi connectivity index (χ0) is 17.8. The van der Waals surface area contributed by atoms with Gasteiger partial charge in [-0.3, -0.25) is 0 Å². The molecule has 0 aliphatic carbocycles. The van der Waals surface area contributed by atoms with Gasteiger partial charge in [0.05, 0.1) is 17.4 Å². The van der Waals surface area contributed by atoms with Crippen LogP contribution in [0, 0.1) is 17.2 Å². The zero-order valence-corrected chi connectivity index (χ0v) is 14.7. The van der Waals surface area contributed by atoms with Crippen LogP contribution in [0.3, 0.4) is 0 Å². The Labute approximate surface area is 149 Å². The van der Waals surface area contributed by atoms with Crippen molar-refractivity contribution in [3.05, 3.63) is 29.8 Å². The van der Waals surface area contributed by atoms with Gasteiger partial charge in [-0.25, -0.2) is 4.79 Å². The van der Waals surface area contributed by atoms with Crippen LogP contribution in [-0.4, -0.2) is 54.4 Å². The molecule has 0 aromatic heterocycles. The quantitative estimate of drug-likeness (QED) is 0.880. The first kappa shape index (κ1) is 17.6. The lowest BCUT2D eigenvalue weighted by molar-refractivity contribution is 0.129. The fourth-order valence-corrected chi connectivity index (χ4v) is 3.79. The van der Waals surface area contributed by atoms with Gasteiger partial charge in [0.15, 0.2) is 0 Å². The van der Waals surface area contributed by atoms with E-state index >= 15 is 0 Å². The van der Waals surface area contributed by atoms with Gasteiger partial charge in [-0.15, -0.1) is 0 Å². The van der Waals surface area contributed by atoms with E-state index in [1.807, 2.05) is 24.3 Å². The molecule has 0 saturated carbocycles. The van der Waals surface area contributed by atoms with Crippen molar-refractivity contribution in [3.63, 3.8) is 0 Å². The third kappa shape index (κ3) is 4.05. The minimum atomic E-state index is -0.370. The number of rotatable bonds is 3. The van der Waals surface area contributed by atoms with Crippen molar-refractivity contribution < 1.29 is 9.90 Å². The van der Waals surface area contributed by atoms with Crippen LogP contribution >= 0.6 is 0 Å². The highest BCUT2D eigenvalue weighted by Crippen LogP contribution is 2.24. The summed E-state index contributed by atoms with van der Waals surface area (Å²) in [5.74, 6) is 0.177. The summed E-state index contributed by atoms with van der Waals surface area (Å²) in [5.41, 5.74) is 1.62. The molecule has 2 saturated heterocycles. The van der Waals surface area contributed by atoms with Gasteiger partial charge < -0.3 is 20.2 Å². The SMILES string of the molecule is CC(O)C1CCN(C(=O)NC2CCCN(c3ccccc3C#N)C2)C1. The lowest BCUT2D eigenvalue weighted by atomic mass is 10.0. The van der Waals surface area contributed by atoms with Crippen LogP contribution in [0.4, 0.5) is 10.5 Å². The molecule has 2 heterocycles. The van der Waals surface area contributed by atoms with Gasteiger partial charge in [0.1, 0.15) is 6.07 Å². The van der Waals surface area contributed by atoms with Gasteiger partial charge in [-0.1, -0.05) is 12.1 Å². The molecule has 134 valence electrons. The predicted molar refractivity (Wildman–Crippen MR) is 96.3 cm³/mol. The van der Waals surface area contributed by atoms with Gasteiger partial charge in [0.25, 0.3) is 0 Å². The number of nitrogens with zero attached hydrogens (tertiary/aromatic N) is 3. The molecule has 1 aromatic rings. The summed E-state index contributed by atoms with van der Waals surface area (Å²) in [6, 6.07) is 9.91. The number of carbonyl (C=O) groups is 1. The number of likely N-dealkylation sites (tertiary alicyclic amines) is 1. The van der Waals surface area contributed by atoms with Crippen LogP contribution < -0.4 is 10.2 Å². The Bertz CT molecular complexity index is 655. The van der Waals surface area contributed by atoms with E-state index in [4.69, 9.17) is 0 Å². The molecule has 6 nitrogen and oxygen atoms in total. The van der Waals surface area contributed by atoms with Gasteiger partial charge in [-0.2, -0.15) is 5.26 Å². The Balaban J connectivity index is 1.59. The fourth-order valence-electron chi connectivity index (χ4n) is 3.79. The lowest BCUT2D eigenvalue weighted by Gasteiger charge is -2.36. The molecule has 1 aromatic carbocycles. The number of anilines is 1. The Hall–Kier alpha value is -2.26. The van der Waals surface area contributed by atoms with Crippen LogP contribution in [0.5, 0.6) is 0 Å². The summed E-state index contributed by atoms with van der Waals surface area (Å²) >= 11 is 0. The lowest BCUT2D eigenvalue weighted by Crippen LogP contribution is -2.51. The van der Waals surface area contributed by atoms with E-state index in [-0.39, 0.29) is 24.1 Å². The minimum Gasteiger partial charge on any atom is -0.393 e. The predicted octanol–water partition coefficient (Wildman–Crippen LogP) is 1.94. The van der Waals surface area contributed by atoms with Crippen molar-refractivity contribution in [2.24, 2.45) is 5.92 Å². The van der Waals surface area contributed by atoms with Gasteiger partial charge in [0, 0.05) is 38.1 Å². The number of urea groups is 1. The maximum atomic E-state index is 12.5. The number of nitrogens with one attached hydrogen (secondary N) is 1. The largest absolute Gasteiger partial charge is 0.393 e. The van der Waals surface area contributed by atoms with Crippen LogP contribution in [0.1, 0.15) is 31.7 Å². The van der Waals surface area contributed by atoms with Crippen molar-refractivity contribution in [2.75, 3.05) is 31.1 Å². The van der Waals surface area contributed by atoms with E-state index < -0.39 is 0 Å². The average molecular weight is 342 g/mol. The van der Waals surface area contributed by atoms with Crippen LogP contribution in [-0.2, 0) is 0 Å². The maximum absolute atomic E-state index is 12.5. The number of hydrogen-bond acceptors (Lipinski definition) is 4. The Morgan fingerprint density at radius 2 is 2.12 bits per heavy atom. The van der Waals surface area contributed by atoms with Gasteiger partial charge in [-0.05, 0) is 38.3 Å². The normalized spacial score (nSPS) is 24.7. The summed E-state index contributed by atoms with van der Waals surface area (Å²) < 4.78 is 0. The Kier molecular flexibility index (Phi) is 5.44. The fraction of sp³-hybridized carbons (Fsp3) is 0.579. The van der Waals surface area contributed by atoms with Crippen molar-refractivity contribution in [1.82, 2.24) is 10.2 Å². The number of piperidine rings is 1. The number of nitriles is 1. The molecular weight excluding hydrogens is 316 g/mol. The van der Waals surface area contributed by atoms with Gasteiger partial charge in [0.2, 0.25) is 0 Å². The Morgan fingerprint density at radius 1 is 1.32 bits per heavy atom. The summed E-state index contributed by atoms with van der Waals surface area (Å²) in [6.07, 6.45) is 2.42. The number of benzene rings is 1. The van der Waals surface area contributed by atoms with E-state index in [2.05, 4.69) is 16.3 Å². The second-order valence-corrected chi connectivity index (χ2v) is 7.10. The highest BCUT2D eigenvalue weighted by atomic mass is 16.3. The molecule has 2 aliphatic heterocycles. The number of carbonyl (C=O) groups excluding carboxylic acids is 1. The molecule has 2 amide bonds. The van der Waals surface area contributed by atoms with Crippen LogP contribution in [0.25, 0.3) is 0 Å². The van der Waals surface area contributed by atoms with Crippen LogP contribution in [0.2, 0.25) is 0 Å². The first-order valence-electron chi connectivity index (χ1n) is 9.06. The summed E-state index contributed by atoms with van der Waals surface area (Å²) in [5, 5.41) is 22.1. The topological polar surface area (TPSA) is 79.6 Å². The smallest absolute Gasteiger partial charge is 0.317 e. The molecule has 0 bridgehead atoms. The molecule has 0 spiro atoms. The van der Waals surface area contributed by atoms with Crippen molar-refractivity contribution >= 4 is 11.7 Å². The summed E-state index contributed by atoms with van der Waals surface area (Å²) in [7, 11) is 0. The molecular formula is C19H26N4O2. The van der Waals surface area contributed by atoms with Crippen molar-refractivity contribution in [1.29, 1.82) is 5.26 Å². The molecule has 0 radical (unpaired) electrons. The molecule has 3 rings (SSSR count). The van der Waals surface area contributed by atoms with E-state index in [0.717, 1.165) is 38.0 Å². The van der Waals surface area contributed by atoms with Crippen molar-refractivity contribution in [2.45, 2.75) is 38.3 Å². The number of aliphatic hydroxyl groups is 1. The number of hydrogen-bond donors (Lipinski definition) is 2. The monoisotopic (exact) mass is 342 g/mol. The summed E-state index contributed by atoms with van der Waals surface area (Å²) in [4.78, 5) is 16.5. The first-order chi connectivity index (χ1) is 12.1. The van der Waals surface area contributed by atoms with Gasteiger partial charge >= 0.3 is 6.03 Å². The highest BCUT2D eigenvalue weighted by molar-refractivity contribution is 5.75. The number of aliphatic hydroxyl groups excluding tert-OH is 1.